The van der Waals surface area contributed by atoms with E-state index in [9.17, 15) is 4.79 Å². The van der Waals surface area contributed by atoms with Crippen molar-refractivity contribution in [3.63, 3.8) is 0 Å². The SMILES string of the molecule is CCC1(CC)c2ccccc2Cn2c1nc(=O)c1ccccc12. The minimum atomic E-state index is -0.183. The molecular weight excluding hydrogens is 284 g/mol. The molecule has 1 aliphatic rings. The molecule has 0 atom stereocenters. The first kappa shape index (κ1) is 14.2. The van der Waals surface area contributed by atoms with Crippen molar-refractivity contribution in [2.24, 2.45) is 0 Å². The smallest absolute Gasteiger partial charge is 0.280 e. The van der Waals surface area contributed by atoms with Gasteiger partial charge in [0, 0.05) is 6.54 Å². The van der Waals surface area contributed by atoms with E-state index in [-0.39, 0.29) is 11.0 Å². The molecule has 1 aliphatic heterocycles. The standard InChI is InChI=1S/C20H20N2O/c1-3-20(4-2)16-11-7-5-9-14(16)13-22-17-12-8-6-10-15(17)18(23)21-19(20)22/h5-12H,3-4,13H2,1-2H3. The normalized spacial score (nSPS) is 15.2. The highest BCUT2D eigenvalue weighted by molar-refractivity contribution is 5.78. The fourth-order valence-corrected chi connectivity index (χ4v) is 4.11. The molecule has 116 valence electrons. The molecule has 3 heteroatoms. The van der Waals surface area contributed by atoms with Gasteiger partial charge in [0.05, 0.1) is 16.3 Å². The zero-order valence-electron chi connectivity index (χ0n) is 13.5. The van der Waals surface area contributed by atoms with Gasteiger partial charge in [-0.25, -0.2) is 0 Å². The van der Waals surface area contributed by atoms with Crippen LogP contribution in [0, 0.1) is 0 Å². The molecule has 0 saturated heterocycles. The molecule has 0 amide bonds. The fraction of sp³-hybridized carbons (Fsp3) is 0.300. The van der Waals surface area contributed by atoms with E-state index in [1.807, 2.05) is 24.3 Å². The Morgan fingerprint density at radius 2 is 1.74 bits per heavy atom. The van der Waals surface area contributed by atoms with Crippen LogP contribution in [0.4, 0.5) is 0 Å². The van der Waals surface area contributed by atoms with Crippen LogP contribution in [0.5, 0.6) is 0 Å². The lowest BCUT2D eigenvalue weighted by Crippen LogP contribution is -2.39. The van der Waals surface area contributed by atoms with Crippen LogP contribution < -0.4 is 5.56 Å². The minimum absolute atomic E-state index is 0.113. The number of rotatable bonds is 2. The minimum Gasteiger partial charge on any atom is -0.324 e. The summed E-state index contributed by atoms with van der Waals surface area (Å²) in [6, 6.07) is 16.4. The molecule has 0 saturated carbocycles. The van der Waals surface area contributed by atoms with E-state index in [4.69, 9.17) is 0 Å². The molecule has 0 unspecified atom stereocenters. The second kappa shape index (κ2) is 5.05. The third-order valence-corrected chi connectivity index (χ3v) is 5.38. The predicted octanol–water partition coefficient (Wildman–Crippen LogP) is 3.86. The van der Waals surface area contributed by atoms with Gasteiger partial charge in [-0.05, 0) is 36.1 Å². The van der Waals surface area contributed by atoms with Crippen LogP contribution in [0.15, 0.2) is 53.3 Å². The molecule has 3 nitrogen and oxygen atoms in total. The van der Waals surface area contributed by atoms with E-state index in [0.29, 0.717) is 5.39 Å². The second-order valence-corrected chi connectivity index (χ2v) is 6.29. The molecule has 2 heterocycles. The lowest BCUT2D eigenvalue weighted by atomic mass is 9.71. The van der Waals surface area contributed by atoms with Gasteiger partial charge in [-0.15, -0.1) is 0 Å². The summed E-state index contributed by atoms with van der Waals surface area (Å²) in [7, 11) is 0. The summed E-state index contributed by atoms with van der Waals surface area (Å²) in [5, 5.41) is 0.705. The van der Waals surface area contributed by atoms with Crippen LogP contribution in [-0.4, -0.2) is 9.55 Å². The molecule has 0 spiro atoms. The summed E-state index contributed by atoms with van der Waals surface area (Å²) in [6.07, 6.45) is 1.87. The molecule has 0 aliphatic carbocycles. The molecular formula is C20H20N2O. The van der Waals surface area contributed by atoms with Crippen molar-refractivity contribution in [3.05, 3.63) is 75.8 Å². The van der Waals surface area contributed by atoms with Gasteiger partial charge in [-0.1, -0.05) is 50.2 Å². The monoisotopic (exact) mass is 304 g/mol. The highest BCUT2D eigenvalue weighted by Gasteiger charge is 2.40. The Morgan fingerprint density at radius 3 is 2.52 bits per heavy atom. The van der Waals surface area contributed by atoms with Crippen LogP contribution in [0.3, 0.4) is 0 Å². The molecule has 23 heavy (non-hydrogen) atoms. The van der Waals surface area contributed by atoms with Crippen molar-refractivity contribution < 1.29 is 0 Å². The molecule has 3 aromatic rings. The Bertz CT molecular complexity index is 951. The summed E-state index contributed by atoms with van der Waals surface area (Å²) in [6.45, 7) is 5.16. The second-order valence-electron chi connectivity index (χ2n) is 6.29. The van der Waals surface area contributed by atoms with E-state index >= 15 is 0 Å². The van der Waals surface area contributed by atoms with Gasteiger partial charge in [0.15, 0.2) is 0 Å². The van der Waals surface area contributed by atoms with Gasteiger partial charge in [0.2, 0.25) is 0 Å². The van der Waals surface area contributed by atoms with E-state index < -0.39 is 0 Å². The molecule has 0 N–H and O–H groups in total. The van der Waals surface area contributed by atoms with Gasteiger partial charge in [-0.2, -0.15) is 4.98 Å². The summed E-state index contributed by atoms with van der Waals surface area (Å²) < 4.78 is 2.24. The zero-order valence-corrected chi connectivity index (χ0v) is 13.5. The number of para-hydroxylation sites is 1. The molecule has 0 radical (unpaired) electrons. The maximum atomic E-state index is 12.6. The third kappa shape index (κ3) is 1.83. The quantitative estimate of drug-likeness (QED) is 0.720. The Balaban J connectivity index is 2.15. The predicted molar refractivity (Wildman–Crippen MR) is 92.9 cm³/mol. The first-order chi connectivity index (χ1) is 11.2. The van der Waals surface area contributed by atoms with Crippen LogP contribution in [0.25, 0.3) is 10.9 Å². The van der Waals surface area contributed by atoms with Gasteiger partial charge >= 0.3 is 0 Å². The summed E-state index contributed by atoms with van der Waals surface area (Å²) in [5.41, 5.74) is 3.35. The van der Waals surface area contributed by atoms with E-state index in [0.717, 1.165) is 30.7 Å². The van der Waals surface area contributed by atoms with E-state index in [2.05, 4.69) is 47.7 Å². The summed E-state index contributed by atoms with van der Waals surface area (Å²) in [4.78, 5) is 17.1. The van der Waals surface area contributed by atoms with Crippen molar-refractivity contribution in [1.82, 2.24) is 9.55 Å². The number of nitrogens with zero attached hydrogens (tertiary/aromatic N) is 2. The topological polar surface area (TPSA) is 34.9 Å². The fourth-order valence-electron chi connectivity index (χ4n) is 4.11. The van der Waals surface area contributed by atoms with Gasteiger partial charge in [-0.3, -0.25) is 4.79 Å². The van der Waals surface area contributed by atoms with Crippen LogP contribution in [0.2, 0.25) is 0 Å². The van der Waals surface area contributed by atoms with Crippen molar-refractivity contribution >= 4 is 10.9 Å². The highest BCUT2D eigenvalue weighted by atomic mass is 16.1. The van der Waals surface area contributed by atoms with Crippen LogP contribution >= 0.6 is 0 Å². The van der Waals surface area contributed by atoms with Crippen molar-refractivity contribution in [3.8, 4) is 0 Å². The average molecular weight is 304 g/mol. The van der Waals surface area contributed by atoms with Gasteiger partial charge < -0.3 is 4.57 Å². The van der Waals surface area contributed by atoms with E-state index in [1.165, 1.54) is 11.1 Å². The summed E-state index contributed by atoms with van der Waals surface area (Å²) in [5.74, 6) is 0.921. The molecule has 1 aromatic heterocycles. The number of aromatic nitrogens is 2. The summed E-state index contributed by atoms with van der Waals surface area (Å²) >= 11 is 0. The maximum Gasteiger partial charge on any atom is 0.280 e. The third-order valence-electron chi connectivity index (χ3n) is 5.38. The Kier molecular flexibility index (Phi) is 3.12. The number of benzene rings is 2. The Hall–Kier alpha value is -2.42. The largest absolute Gasteiger partial charge is 0.324 e. The van der Waals surface area contributed by atoms with Crippen molar-refractivity contribution in [2.75, 3.05) is 0 Å². The van der Waals surface area contributed by atoms with Gasteiger partial charge in [0.1, 0.15) is 5.82 Å². The Labute approximate surface area is 135 Å². The number of fused-ring (bicyclic) bond motifs is 4. The highest BCUT2D eigenvalue weighted by Crippen LogP contribution is 2.43. The Morgan fingerprint density at radius 1 is 1.04 bits per heavy atom. The number of hydrogen-bond donors (Lipinski definition) is 0. The van der Waals surface area contributed by atoms with Gasteiger partial charge in [0.25, 0.3) is 5.56 Å². The molecule has 0 fully saturated rings. The average Bonchev–Trinajstić information content (AvgIpc) is 2.61. The van der Waals surface area contributed by atoms with Crippen molar-refractivity contribution in [2.45, 2.75) is 38.6 Å². The number of hydrogen-bond acceptors (Lipinski definition) is 2. The van der Waals surface area contributed by atoms with Crippen molar-refractivity contribution in [1.29, 1.82) is 0 Å². The lowest BCUT2D eigenvalue weighted by Gasteiger charge is -2.39. The first-order valence-corrected chi connectivity index (χ1v) is 8.29. The molecule has 4 rings (SSSR count). The maximum absolute atomic E-state index is 12.6. The van der Waals surface area contributed by atoms with Crippen LogP contribution in [0.1, 0.15) is 43.6 Å². The lowest BCUT2D eigenvalue weighted by molar-refractivity contribution is 0.403. The molecule has 2 aromatic carbocycles. The molecule has 0 bridgehead atoms. The van der Waals surface area contributed by atoms with Crippen LogP contribution in [-0.2, 0) is 12.0 Å². The van der Waals surface area contributed by atoms with E-state index in [1.54, 1.807) is 0 Å². The first-order valence-electron chi connectivity index (χ1n) is 8.29. The zero-order chi connectivity index (χ0) is 16.0.